The highest BCUT2D eigenvalue weighted by atomic mass is 79.9. The maximum absolute atomic E-state index is 11.6. The summed E-state index contributed by atoms with van der Waals surface area (Å²) < 4.78 is 27.0. The van der Waals surface area contributed by atoms with Gasteiger partial charge in [0, 0.05) is 15.5 Å². The van der Waals surface area contributed by atoms with Crippen molar-refractivity contribution in [2.24, 2.45) is 5.73 Å². The molecule has 0 fully saturated rings. The number of anilines is 1. The number of hydrogen-bond donors (Lipinski definition) is 2. The molecule has 0 radical (unpaired) electrons. The van der Waals surface area contributed by atoms with Crippen LogP contribution in [0, 0.1) is 6.92 Å². The lowest BCUT2D eigenvalue weighted by Crippen LogP contribution is -2.22. The van der Waals surface area contributed by atoms with Gasteiger partial charge in [0.1, 0.15) is 0 Å². The summed E-state index contributed by atoms with van der Waals surface area (Å²) in [7, 11) is -3.38. The van der Waals surface area contributed by atoms with Crippen LogP contribution in [0.15, 0.2) is 21.1 Å². The molecule has 0 amide bonds. The van der Waals surface area contributed by atoms with Crippen LogP contribution in [0.2, 0.25) is 0 Å². The molecule has 1 aromatic carbocycles. The molecule has 0 bridgehead atoms. The van der Waals surface area contributed by atoms with Crippen molar-refractivity contribution in [3.63, 3.8) is 0 Å². The van der Waals surface area contributed by atoms with E-state index < -0.39 is 10.0 Å². The zero-order valence-corrected chi connectivity index (χ0v) is 12.6. The lowest BCUT2D eigenvalue weighted by atomic mass is 10.2. The fraction of sp³-hybridized carbons (Fsp3) is 0.333. The average molecular weight is 372 g/mol. The zero-order valence-electron chi connectivity index (χ0n) is 8.63. The third-order valence-corrected chi connectivity index (χ3v) is 4.37. The van der Waals surface area contributed by atoms with E-state index in [0.717, 1.165) is 5.56 Å². The third kappa shape index (κ3) is 3.73. The Balaban J connectivity index is 3.07. The van der Waals surface area contributed by atoms with Crippen molar-refractivity contribution in [2.45, 2.75) is 6.92 Å². The molecule has 0 aliphatic carbocycles. The van der Waals surface area contributed by atoms with Crippen molar-refractivity contribution < 1.29 is 8.42 Å². The molecule has 0 heterocycles. The van der Waals surface area contributed by atoms with E-state index in [1.54, 1.807) is 0 Å². The summed E-state index contributed by atoms with van der Waals surface area (Å²) in [6.07, 6.45) is 0. The summed E-state index contributed by atoms with van der Waals surface area (Å²) in [5, 5.41) is 0. The van der Waals surface area contributed by atoms with Gasteiger partial charge >= 0.3 is 0 Å². The summed E-state index contributed by atoms with van der Waals surface area (Å²) in [4.78, 5) is 0. The van der Waals surface area contributed by atoms with E-state index in [1.165, 1.54) is 0 Å². The Morgan fingerprint density at radius 1 is 1.31 bits per heavy atom. The molecule has 0 saturated heterocycles. The first-order valence-corrected chi connectivity index (χ1v) is 7.76. The number of nitrogens with two attached hydrogens (primary N) is 1. The third-order valence-electron chi connectivity index (χ3n) is 1.83. The van der Waals surface area contributed by atoms with Crippen LogP contribution in [-0.2, 0) is 10.0 Å². The first-order chi connectivity index (χ1) is 7.35. The van der Waals surface area contributed by atoms with Gasteiger partial charge in [0.15, 0.2) is 0 Å². The van der Waals surface area contributed by atoms with Crippen molar-refractivity contribution in [3.8, 4) is 0 Å². The minimum Gasteiger partial charge on any atom is -0.329 e. The van der Waals surface area contributed by atoms with E-state index in [-0.39, 0.29) is 12.3 Å². The largest absolute Gasteiger partial charge is 0.329 e. The fourth-order valence-corrected chi connectivity index (χ4v) is 3.98. The number of benzene rings is 1. The predicted octanol–water partition coefficient (Wildman–Crippen LogP) is 2.22. The number of hydrogen-bond acceptors (Lipinski definition) is 3. The Morgan fingerprint density at radius 3 is 2.25 bits per heavy atom. The van der Waals surface area contributed by atoms with Gasteiger partial charge in [0.2, 0.25) is 10.0 Å². The minimum atomic E-state index is -3.38. The predicted molar refractivity (Wildman–Crippen MR) is 73.0 cm³/mol. The van der Waals surface area contributed by atoms with Crippen molar-refractivity contribution in [1.29, 1.82) is 0 Å². The molecule has 7 heteroatoms. The summed E-state index contributed by atoms with van der Waals surface area (Å²) in [5.74, 6) is -0.0975. The van der Waals surface area contributed by atoms with Gasteiger partial charge in [0.05, 0.1) is 11.4 Å². The van der Waals surface area contributed by atoms with Gasteiger partial charge in [0.25, 0.3) is 0 Å². The first kappa shape index (κ1) is 14.0. The number of nitrogens with one attached hydrogen (secondary N) is 1. The van der Waals surface area contributed by atoms with E-state index in [4.69, 9.17) is 5.73 Å². The Labute approximate surface area is 112 Å². The first-order valence-electron chi connectivity index (χ1n) is 4.52. The van der Waals surface area contributed by atoms with Crippen LogP contribution in [0.3, 0.4) is 0 Å². The van der Waals surface area contributed by atoms with Crippen molar-refractivity contribution >= 4 is 47.6 Å². The monoisotopic (exact) mass is 370 g/mol. The second-order valence-electron chi connectivity index (χ2n) is 3.31. The van der Waals surface area contributed by atoms with Crippen LogP contribution < -0.4 is 10.5 Å². The quantitative estimate of drug-likeness (QED) is 0.852. The van der Waals surface area contributed by atoms with Crippen molar-refractivity contribution in [1.82, 2.24) is 0 Å². The normalized spacial score (nSPS) is 11.5. The highest BCUT2D eigenvalue weighted by Gasteiger charge is 2.14. The van der Waals surface area contributed by atoms with Gasteiger partial charge in [-0.05, 0) is 56.5 Å². The molecule has 0 aliphatic rings. The summed E-state index contributed by atoms with van der Waals surface area (Å²) >= 11 is 6.63. The Bertz CT molecular complexity index is 465. The Kier molecular flexibility index (Phi) is 4.78. The Hall–Kier alpha value is -0.110. The second kappa shape index (κ2) is 5.48. The molecule has 1 rings (SSSR count). The molecule has 0 aliphatic heterocycles. The molecular weight excluding hydrogens is 360 g/mol. The standard InChI is InChI=1S/C9H12Br2N2O2S/c1-6-4-7(10)9(8(11)5-6)13-16(14,15)3-2-12/h4-5,13H,2-3,12H2,1H3. The van der Waals surface area contributed by atoms with Gasteiger partial charge in [-0.1, -0.05) is 0 Å². The smallest absolute Gasteiger partial charge is 0.234 e. The van der Waals surface area contributed by atoms with Gasteiger partial charge in [-0.15, -0.1) is 0 Å². The molecule has 3 N–H and O–H groups in total. The second-order valence-corrected chi connectivity index (χ2v) is 6.86. The molecule has 0 saturated carbocycles. The molecule has 0 aromatic heterocycles. The molecule has 0 unspecified atom stereocenters. The molecule has 90 valence electrons. The lowest BCUT2D eigenvalue weighted by Gasteiger charge is -2.11. The number of halogens is 2. The SMILES string of the molecule is Cc1cc(Br)c(NS(=O)(=O)CCN)c(Br)c1. The van der Waals surface area contributed by atoms with Crippen LogP contribution in [-0.4, -0.2) is 20.7 Å². The molecule has 16 heavy (non-hydrogen) atoms. The highest BCUT2D eigenvalue weighted by Crippen LogP contribution is 2.32. The summed E-state index contributed by atoms with van der Waals surface area (Å²) in [6.45, 7) is 2.02. The van der Waals surface area contributed by atoms with Crippen molar-refractivity contribution in [3.05, 3.63) is 26.6 Å². The summed E-state index contributed by atoms with van der Waals surface area (Å²) in [6, 6.07) is 3.68. The fourth-order valence-electron chi connectivity index (χ4n) is 1.16. The zero-order chi connectivity index (χ0) is 12.3. The summed E-state index contributed by atoms with van der Waals surface area (Å²) in [5.41, 5.74) is 6.75. The number of rotatable bonds is 4. The van der Waals surface area contributed by atoms with Crippen molar-refractivity contribution in [2.75, 3.05) is 17.0 Å². The van der Waals surface area contributed by atoms with Crippen LogP contribution in [0.1, 0.15) is 5.56 Å². The lowest BCUT2D eigenvalue weighted by molar-refractivity contribution is 0.601. The van der Waals surface area contributed by atoms with Crippen LogP contribution in [0.4, 0.5) is 5.69 Å². The van der Waals surface area contributed by atoms with E-state index in [9.17, 15) is 8.42 Å². The average Bonchev–Trinajstić information content (AvgIpc) is 2.11. The number of aryl methyl sites for hydroxylation is 1. The van der Waals surface area contributed by atoms with E-state index in [1.807, 2.05) is 19.1 Å². The molecule has 0 spiro atoms. The van der Waals surface area contributed by atoms with Crippen LogP contribution in [0.5, 0.6) is 0 Å². The maximum atomic E-state index is 11.6. The van der Waals surface area contributed by atoms with E-state index in [0.29, 0.717) is 14.6 Å². The Morgan fingerprint density at radius 2 is 1.81 bits per heavy atom. The topological polar surface area (TPSA) is 72.2 Å². The molecular formula is C9H12Br2N2O2S. The minimum absolute atomic E-state index is 0.0937. The molecule has 4 nitrogen and oxygen atoms in total. The van der Waals surface area contributed by atoms with Gasteiger partial charge in [-0.3, -0.25) is 4.72 Å². The molecule has 1 aromatic rings. The van der Waals surface area contributed by atoms with E-state index >= 15 is 0 Å². The van der Waals surface area contributed by atoms with E-state index in [2.05, 4.69) is 36.6 Å². The maximum Gasteiger partial charge on any atom is 0.234 e. The van der Waals surface area contributed by atoms with Gasteiger partial charge < -0.3 is 5.73 Å². The highest BCUT2D eigenvalue weighted by molar-refractivity contribution is 9.11. The van der Waals surface area contributed by atoms with Crippen LogP contribution >= 0.6 is 31.9 Å². The van der Waals surface area contributed by atoms with Gasteiger partial charge in [-0.2, -0.15) is 0 Å². The number of sulfonamides is 1. The van der Waals surface area contributed by atoms with Gasteiger partial charge in [-0.25, -0.2) is 8.42 Å². The molecule has 0 atom stereocenters. The van der Waals surface area contributed by atoms with Crippen LogP contribution in [0.25, 0.3) is 0 Å².